The zero-order chi connectivity index (χ0) is 18.3. The van der Waals surface area contributed by atoms with Crippen LogP contribution in [-0.4, -0.2) is 52.6 Å². The average molecular weight is 397 g/mol. The first kappa shape index (κ1) is 18.5. The van der Waals surface area contributed by atoms with Crippen LogP contribution in [0.15, 0.2) is 18.2 Å². The van der Waals surface area contributed by atoms with E-state index in [1.165, 1.54) is 32.4 Å². The van der Waals surface area contributed by atoms with Crippen molar-refractivity contribution in [2.45, 2.75) is 50.7 Å². The maximum atomic E-state index is 11.6. The fourth-order valence-corrected chi connectivity index (χ4v) is 5.92. The minimum atomic E-state index is -0.694. The van der Waals surface area contributed by atoms with Crippen molar-refractivity contribution in [3.05, 3.63) is 33.8 Å². The lowest BCUT2D eigenvalue weighted by Crippen LogP contribution is -2.64. The minimum Gasteiger partial charge on any atom is -0.481 e. The molecular formula is C20H26Cl2N2O2. The quantitative estimate of drug-likeness (QED) is 0.829. The van der Waals surface area contributed by atoms with E-state index < -0.39 is 5.97 Å². The third-order valence-corrected chi connectivity index (χ3v) is 7.27. The van der Waals surface area contributed by atoms with Crippen molar-refractivity contribution >= 4 is 29.2 Å². The summed E-state index contributed by atoms with van der Waals surface area (Å²) < 4.78 is 0. The second-order valence-electron chi connectivity index (χ2n) is 8.08. The van der Waals surface area contributed by atoms with Crippen LogP contribution in [0.5, 0.6) is 0 Å². The van der Waals surface area contributed by atoms with E-state index in [9.17, 15) is 9.90 Å². The Morgan fingerprint density at radius 3 is 2.65 bits per heavy atom. The molecule has 3 fully saturated rings. The van der Waals surface area contributed by atoms with Crippen molar-refractivity contribution in [3.8, 4) is 0 Å². The normalized spacial score (nSPS) is 32.2. The predicted octanol–water partition coefficient (Wildman–Crippen LogP) is 4.14. The van der Waals surface area contributed by atoms with Gasteiger partial charge in [-0.05, 0) is 68.3 Å². The summed E-state index contributed by atoms with van der Waals surface area (Å²) in [6, 6.07) is 6.44. The second kappa shape index (κ2) is 7.67. The van der Waals surface area contributed by atoms with Crippen LogP contribution < -0.4 is 0 Å². The Morgan fingerprint density at radius 1 is 1.15 bits per heavy atom. The van der Waals surface area contributed by atoms with Crippen LogP contribution in [0.2, 0.25) is 10.0 Å². The molecule has 0 saturated carbocycles. The van der Waals surface area contributed by atoms with Crippen LogP contribution in [0.4, 0.5) is 0 Å². The lowest BCUT2D eigenvalue weighted by molar-refractivity contribution is -0.143. The number of nitrogens with zero attached hydrogens (tertiary/aromatic N) is 2. The highest BCUT2D eigenvalue weighted by atomic mass is 35.5. The predicted molar refractivity (Wildman–Crippen MR) is 104 cm³/mol. The number of benzene rings is 1. The molecule has 4 rings (SSSR count). The fraction of sp³-hybridized carbons (Fsp3) is 0.650. The van der Waals surface area contributed by atoms with E-state index >= 15 is 0 Å². The number of carboxylic acids is 1. The van der Waals surface area contributed by atoms with Crippen molar-refractivity contribution in [1.29, 1.82) is 0 Å². The smallest absolute Gasteiger partial charge is 0.304 e. The van der Waals surface area contributed by atoms with Crippen molar-refractivity contribution in [3.63, 3.8) is 0 Å². The van der Waals surface area contributed by atoms with E-state index in [-0.39, 0.29) is 12.5 Å². The molecule has 3 aliphatic rings. The van der Waals surface area contributed by atoms with Gasteiger partial charge in [-0.25, -0.2) is 0 Å². The molecule has 0 aliphatic carbocycles. The zero-order valence-electron chi connectivity index (χ0n) is 14.9. The molecule has 4 atom stereocenters. The maximum absolute atomic E-state index is 11.6. The monoisotopic (exact) mass is 396 g/mol. The first-order valence-corrected chi connectivity index (χ1v) is 10.4. The van der Waals surface area contributed by atoms with Gasteiger partial charge in [-0.15, -0.1) is 0 Å². The molecule has 4 nitrogen and oxygen atoms in total. The molecule has 0 radical (unpaired) electrons. The highest BCUT2D eigenvalue weighted by Crippen LogP contribution is 2.43. The van der Waals surface area contributed by atoms with Crippen LogP contribution >= 0.6 is 23.2 Å². The van der Waals surface area contributed by atoms with Crippen LogP contribution in [0.1, 0.15) is 37.7 Å². The molecule has 0 bridgehead atoms. The number of carbonyl (C=O) groups is 1. The summed E-state index contributed by atoms with van der Waals surface area (Å²) in [5, 5.41) is 10.7. The average Bonchev–Trinajstić information content (AvgIpc) is 2.61. The van der Waals surface area contributed by atoms with Crippen molar-refractivity contribution in [2.75, 3.05) is 19.6 Å². The van der Waals surface area contributed by atoms with Gasteiger partial charge in [-0.3, -0.25) is 14.6 Å². The molecule has 1 N–H and O–H groups in total. The molecule has 3 aliphatic heterocycles. The van der Waals surface area contributed by atoms with E-state index in [4.69, 9.17) is 23.2 Å². The summed E-state index contributed by atoms with van der Waals surface area (Å²) in [4.78, 5) is 16.7. The second-order valence-corrected chi connectivity index (χ2v) is 8.89. The number of aliphatic carboxylic acids is 1. The van der Waals surface area contributed by atoms with Gasteiger partial charge in [0.25, 0.3) is 0 Å². The summed E-state index contributed by atoms with van der Waals surface area (Å²) in [5.41, 5.74) is 1.11. The molecular weight excluding hydrogens is 371 g/mol. The molecule has 0 unspecified atom stereocenters. The standard InChI is InChI=1S/C20H26Cl2N2O2/c21-16-6-5-13(9-17(16)22)11-24-12-14-3-1-7-23-8-2-4-15(20(14)23)18(24)10-19(25)26/h5-6,9,14-15,18,20H,1-4,7-8,10-12H2,(H,25,26)/t14-,15+,18+,20-/m0/s1. The summed E-state index contributed by atoms with van der Waals surface area (Å²) in [5.74, 6) is 0.420. The molecule has 142 valence electrons. The molecule has 0 amide bonds. The van der Waals surface area contributed by atoms with Crippen molar-refractivity contribution in [1.82, 2.24) is 9.80 Å². The van der Waals surface area contributed by atoms with E-state index in [0.29, 0.717) is 27.9 Å². The van der Waals surface area contributed by atoms with E-state index in [0.717, 1.165) is 25.1 Å². The third-order valence-electron chi connectivity index (χ3n) is 6.53. The SMILES string of the molecule is O=C(O)C[C@@H]1[C@H]2CCCN3CCC[C@@H](CN1Cc1ccc(Cl)c(Cl)c1)[C@@H]23. The minimum absolute atomic E-state index is 0.101. The van der Waals surface area contributed by atoms with Crippen molar-refractivity contribution in [2.24, 2.45) is 11.8 Å². The molecule has 0 aromatic heterocycles. The highest BCUT2D eigenvalue weighted by Gasteiger charge is 2.48. The summed E-state index contributed by atoms with van der Waals surface area (Å²) >= 11 is 12.2. The van der Waals surface area contributed by atoms with E-state index in [2.05, 4.69) is 9.80 Å². The number of halogens is 2. The topological polar surface area (TPSA) is 43.8 Å². The zero-order valence-corrected chi connectivity index (χ0v) is 16.4. The van der Waals surface area contributed by atoms with E-state index in [1.807, 2.05) is 18.2 Å². The summed E-state index contributed by atoms with van der Waals surface area (Å²) in [7, 11) is 0. The molecule has 1 aromatic rings. The van der Waals surface area contributed by atoms with Gasteiger partial charge in [-0.1, -0.05) is 29.3 Å². The molecule has 0 spiro atoms. The summed E-state index contributed by atoms with van der Waals surface area (Å²) in [6.45, 7) is 4.10. The number of likely N-dealkylation sites (tertiary alicyclic amines) is 1. The maximum Gasteiger partial charge on any atom is 0.304 e. The number of rotatable bonds is 4. The van der Waals surface area contributed by atoms with E-state index in [1.54, 1.807) is 0 Å². The molecule has 1 aromatic carbocycles. The number of piperidine rings is 3. The Kier molecular flexibility index (Phi) is 5.47. The first-order chi connectivity index (χ1) is 12.5. The van der Waals surface area contributed by atoms with Crippen LogP contribution in [0.25, 0.3) is 0 Å². The lowest BCUT2D eigenvalue weighted by Gasteiger charge is -2.57. The highest BCUT2D eigenvalue weighted by molar-refractivity contribution is 6.42. The Morgan fingerprint density at radius 2 is 1.92 bits per heavy atom. The van der Waals surface area contributed by atoms with Gasteiger partial charge in [0.15, 0.2) is 0 Å². The molecule has 26 heavy (non-hydrogen) atoms. The van der Waals surface area contributed by atoms with Gasteiger partial charge < -0.3 is 5.11 Å². The van der Waals surface area contributed by atoms with Gasteiger partial charge in [0.05, 0.1) is 16.5 Å². The van der Waals surface area contributed by atoms with Crippen LogP contribution in [0, 0.1) is 11.8 Å². The van der Waals surface area contributed by atoms with Gasteiger partial charge in [0, 0.05) is 25.2 Å². The lowest BCUT2D eigenvalue weighted by atomic mass is 9.69. The molecule has 3 saturated heterocycles. The van der Waals surface area contributed by atoms with Gasteiger partial charge in [-0.2, -0.15) is 0 Å². The Labute approximate surface area is 165 Å². The molecule has 6 heteroatoms. The largest absolute Gasteiger partial charge is 0.481 e. The number of hydrogen-bond donors (Lipinski definition) is 1. The van der Waals surface area contributed by atoms with Gasteiger partial charge in [0.1, 0.15) is 0 Å². The fourth-order valence-electron chi connectivity index (χ4n) is 5.60. The molecule has 3 heterocycles. The Balaban J connectivity index is 1.60. The van der Waals surface area contributed by atoms with Gasteiger partial charge in [0.2, 0.25) is 0 Å². The van der Waals surface area contributed by atoms with Crippen molar-refractivity contribution < 1.29 is 9.90 Å². The van der Waals surface area contributed by atoms with Crippen LogP contribution in [-0.2, 0) is 11.3 Å². The third kappa shape index (κ3) is 3.62. The van der Waals surface area contributed by atoms with Crippen LogP contribution in [0.3, 0.4) is 0 Å². The van der Waals surface area contributed by atoms with Gasteiger partial charge >= 0.3 is 5.97 Å². The number of carboxylic acid groups (broad SMARTS) is 1. The number of hydrogen-bond acceptors (Lipinski definition) is 3. The summed E-state index contributed by atoms with van der Waals surface area (Å²) in [6.07, 6.45) is 5.08. The Bertz CT molecular complexity index is 682. The Hall–Kier alpha value is -0.810. The first-order valence-electron chi connectivity index (χ1n) is 9.67.